The van der Waals surface area contributed by atoms with Gasteiger partial charge in [-0.1, -0.05) is 19.0 Å². The van der Waals surface area contributed by atoms with Crippen molar-refractivity contribution < 1.29 is 15.1 Å². The predicted molar refractivity (Wildman–Crippen MR) is 103 cm³/mol. The van der Waals surface area contributed by atoms with Crippen LogP contribution in [0, 0.1) is 40.4 Å². The molecule has 0 unspecified atom stereocenters. The molecule has 2 N–H and O–H groups in total. The average molecular weight is 364 g/mol. The fourth-order valence-electron chi connectivity index (χ4n) is 8.17. The molecule has 0 aromatic carbocycles. The molecule has 4 fully saturated rings. The summed E-state index contributed by atoms with van der Waals surface area (Å²) < 4.78 is 0. The van der Waals surface area contributed by atoms with Gasteiger partial charge in [-0.2, -0.15) is 0 Å². The van der Waals surface area contributed by atoms with Crippen LogP contribution in [-0.4, -0.2) is 35.2 Å². The Morgan fingerprint density at radius 1 is 0.923 bits per heavy atom. The summed E-state index contributed by atoms with van der Waals surface area (Å²) in [6, 6.07) is 0. The first-order valence-electron chi connectivity index (χ1n) is 10.7. The number of aliphatic hydroxyl groups is 2. The number of oxime groups is 1. The van der Waals surface area contributed by atoms with Gasteiger partial charge in [-0.25, -0.2) is 0 Å². The Morgan fingerprint density at radius 2 is 1.62 bits per heavy atom. The average Bonchev–Trinajstić information content (AvgIpc) is 2.94. The molecule has 4 aliphatic rings. The van der Waals surface area contributed by atoms with Crippen molar-refractivity contribution in [3.05, 3.63) is 0 Å². The number of nitrogens with zero attached hydrogens (tertiary/aromatic N) is 1. The smallest absolute Gasteiger partial charge is 0.106 e. The first-order chi connectivity index (χ1) is 12.3. The van der Waals surface area contributed by atoms with Crippen molar-refractivity contribution in [1.82, 2.24) is 0 Å². The van der Waals surface area contributed by atoms with Crippen LogP contribution in [0.2, 0.25) is 0 Å². The second kappa shape index (κ2) is 6.48. The highest BCUT2D eigenvalue weighted by Crippen LogP contribution is 2.67. The second-order valence-corrected chi connectivity index (χ2v) is 10.3. The number of rotatable bonds is 2. The van der Waals surface area contributed by atoms with Crippen molar-refractivity contribution in [2.75, 3.05) is 7.11 Å². The number of aliphatic hydroxyl groups excluding tert-OH is 2. The molecular weight excluding hydrogens is 326 g/mol. The maximum Gasteiger partial charge on any atom is 0.106 e. The molecule has 0 radical (unpaired) electrons. The first-order valence-corrected chi connectivity index (χ1v) is 10.7. The van der Waals surface area contributed by atoms with Gasteiger partial charge in [0, 0.05) is 5.92 Å². The molecule has 9 atom stereocenters. The molecule has 0 aliphatic heterocycles. The van der Waals surface area contributed by atoms with E-state index in [0.29, 0.717) is 29.1 Å². The largest absolute Gasteiger partial charge is 0.399 e. The van der Waals surface area contributed by atoms with Crippen LogP contribution >= 0.6 is 0 Å². The topological polar surface area (TPSA) is 62.0 Å². The van der Waals surface area contributed by atoms with Crippen molar-refractivity contribution >= 4 is 5.71 Å². The molecule has 0 aromatic heterocycles. The minimum Gasteiger partial charge on any atom is -0.399 e. The monoisotopic (exact) mass is 363 g/mol. The van der Waals surface area contributed by atoms with Gasteiger partial charge in [0.15, 0.2) is 0 Å². The van der Waals surface area contributed by atoms with Gasteiger partial charge in [0.25, 0.3) is 0 Å². The fraction of sp³-hybridized carbons (Fsp3) is 0.955. The molecule has 0 saturated heterocycles. The maximum absolute atomic E-state index is 11.0. The molecule has 0 amide bonds. The van der Waals surface area contributed by atoms with E-state index >= 15 is 0 Å². The van der Waals surface area contributed by atoms with E-state index in [1.54, 1.807) is 7.11 Å². The summed E-state index contributed by atoms with van der Waals surface area (Å²) in [4.78, 5) is 5.09. The Balaban J connectivity index is 1.63. The zero-order chi connectivity index (χ0) is 18.7. The summed E-state index contributed by atoms with van der Waals surface area (Å²) in [7, 11) is 1.64. The molecular formula is C22H37NO3. The molecule has 26 heavy (non-hydrogen) atoms. The van der Waals surface area contributed by atoms with Crippen LogP contribution in [0.5, 0.6) is 0 Å². The molecule has 148 valence electrons. The van der Waals surface area contributed by atoms with Crippen LogP contribution in [0.3, 0.4) is 0 Å². The van der Waals surface area contributed by atoms with Crippen molar-refractivity contribution in [2.45, 2.75) is 84.3 Å². The van der Waals surface area contributed by atoms with Gasteiger partial charge in [0.2, 0.25) is 0 Å². The summed E-state index contributed by atoms with van der Waals surface area (Å²) >= 11 is 0. The number of hydrogen-bond donors (Lipinski definition) is 2. The SMILES string of the molecule is CO/N=C(/C)[C@H]1CC[C@H]2[C@@H]3C[C@H](O)[C@@H]4C[C@H](O)CC[C@]4(C)[C@H]3CC[C@]12C. The lowest BCUT2D eigenvalue weighted by atomic mass is 9.44. The van der Waals surface area contributed by atoms with Crippen molar-refractivity contribution in [1.29, 1.82) is 0 Å². The summed E-state index contributed by atoms with van der Waals surface area (Å²) in [6.07, 6.45) is 8.26. The van der Waals surface area contributed by atoms with Gasteiger partial charge in [-0.15, -0.1) is 0 Å². The molecule has 0 spiro atoms. The minimum absolute atomic E-state index is 0.205. The second-order valence-electron chi connectivity index (χ2n) is 10.3. The van der Waals surface area contributed by atoms with E-state index in [4.69, 9.17) is 4.84 Å². The first kappa shape index (κ1) is 18.7. The highest BCUT2D eigenvalue weighted by atomic mass is 16.6. The van der Waals surface area contributed by atoms with Crippen molar-refractivity contribution in [3.63, 3.8) is 0 Å². The molecule has 0 heterocycles. The van der Waals surface area contributed by atoms with Gasteiger partial charge in [0.1, 0.15) is 7.11 Å². The summed E-state index contributed by atoms with van der Waals surface area (Å²) in [5.74, 6) is 2.82. The van der Waals surface area contributed by atoms with Crippen LogP contribution in [0.15, 0.2) is 5.16 Å². The highest BCUT2D eigenvalue weighted by Gasteiger charge is 2.62. The highest BCUT2D eigenvalue weighted by molar-refractivity contribution is 5.85. The summed E-state index contributed by atoms with van der Waals surface area (Å²) in [5.41, 5.74) is 1.65. The molecule has 4 nitrogen and oxygen atoms in total. The van der Waals surface area contributed by atoms with Gasteiger partial charge in [-0.3, -0.25) is 0 Å². The van der Waals surface area contributed by atoms with Crippen LogP contribution < -0.4 is 0 Å². The van der Waals surface area contributed by atoms with E-state index < -0.39 is 0 Å². The molecule has 4 heteroatoms. The summed E-state index contributed by atoms with van der Waals surface area (Å²) in [5, 5.41) is 25.5. The van der Waals surface area contributed by atoms with Crippen LogP contribution in [0.4, 0.5) is 0 Å². The third-order valence-electron chi connectivity index (χ3n) is 9.39. The molecule has 4 saturated carbocycles. The van der Waals surface area contributed by atoms with Crippen molar-refractivity contribution in [2.24, 2.45) is 45.6 Å². The van der Waals surface area contributed by atoms with E-state index in [1.807, 2.05) is 0 Å². The van der Waals surface area contributed by atoms with E-state index in [-0.39, 0.29) is 23.5 Å². The minimum atomic E-state index is -0.244. The number of fused-ring (bicyclic) bond motifs is 5. The Bertz CT molecular complexity index is 578. The quantitative estimate of drug-likeness (QED) is 0.576. The standard InChI is InChI=1S/C22H37NO3/c1-13(23-26-4)16-5-6-17-15-12-20(25)19-11-14(24)7-9-22(19,3)18(15)8-10-21(16,17)2/h14-20,24-25H,5-12H2,1-4H3/b23-13-/t14-,15+,16-,17+,18+,19+,20+,21-,22-/m1/s1. The lowest BCUT2D eigenvalue weighted by molar-refractivity contribution is -0.169. The van der Waals surface area contributed by atoms with Gasteiger partial charge in [-0.05, 0) is 92.8 Å². The third-order valence-corrected chi connectivity index (χ3v) is 9.39. The Hall–Kier alpha value is -0.610. The van der Waals surface area contributed by atoms with E-state index in [0.717, 1.165) is 31.4 Å². The predicted octanol–water partition coefficient (Wildman–Crippen LogP) is 4.00. The normalized spacial score (nSPS) is 54.2. The van der Waals surface area contributed by atoms with Crippen LogP contribution in [-0.2, 0) is 4.84 Å². The Labute approximate surface area is 158 Å². The van der Waals surface area contributed by atoms with E-state index in [2.05, 4.69) is 25.9 Å². The number of hydrogen-bond acceptors (Lipinski definition) is 4. The molecule has 4 rings (SSSR count). The zero-order valence-electron chi connectivity index (χ0n) is 16.9. The van der Waals surface area contributed by atoms with Crippen LogP contribution in [0.1, 0.15) is 72.1 Å². The lowest BCUT2D eigenvalue weighted by Gasteiger charge is -2.62. The van der Waals surface area contributed by atoms with Gasteiger partial charge < -0.3 is 15.1 Å². The van der Waals surface area contributed by atoms with Gasteiger partial charge >= 0.3 is 0 Å². The zero-order valence-corrected chi connectivity index (χ0v) is 16.9. The molecule has 0 bridgehead atoms. The van der Waals surface area contributed by atoms with Crippen molar-refractivity contribution in [3.8, 4) is 0 Å². The van der Waals surface area contributed by atoms with E-state index in [1.165, 1.54) is 25.7 Å². The third kappa shape index (κ3) is 2.58. The summed E-state index contributed by atoms with van der Waals surface area (Å²) in [6.45, 7) is 7.03. The Morgan fingerprint density at radius 3 is 2.35 bits per heavy atom. The molecule has 0 aromatic rings. The Kier molecular flexibility index (Phi) is 4.67. The maximum atomic E-state index is 11.0. The molecule has 4 aliphatic carbocycles. The fourth-order valence-corrected chi connectivity index (χ4v) is 8.17. The van der Waals surface area contributed by atoms with E-state index in [9.17, 15) is 10.2 Å². The van der Waals surface area contributed by atoms with Crippen LogP contribution in [0.25, 0.3) is 0 Å². The lowest BCUT2D eigenvalue weighted by Crippen LogP contribution is -2.58. The van der Waals surface area contributed by atoms with Gasteiger partial charge in [0.05, 0.1) is 17.9 Å².